The Kier molecular flexibility index (Phi) is 7.65. The van der Waals surface area contributed by atoms with Gasteiger partial charge in [-0.1, -0.05) is 19.9 Å². The van der Waals surface area contributed by atoms with Crippen LogP contribution in [0.1, 0.15) is 46.0 Å². The molecule has 0 heterocycles. The molecule has 2 aliphatic rings. The molecule has 184 valence electrons. The Bertz CT molecular complexity index is 855. The van der Waals surface area contributed by atoms with Crippen LogP contribution in [0.4, 0.5) is 22.0 Å². The van der Waals surface area contributed by atoms with Crippen LogP contribution in [0.2, 0.25) is 0 Å². The van der Waals surface area contributed by atoms with Crippen molar-refractivity contribution in [3.8, 4) is 0 Å². The van der Waals surface area contributed by atoms with Crippen LogP contribution in [-0.4, -0.2) is 48.5 Å². The summed E-state index contributed by atoms with van der Waals surface area (Å²) in [6.45, 7) is 6.58. The molecule has 0 aromatic heterocycles. The van der Waals surface area contributed by atoms with Crippen molar-refractivity contribution >= 4 is 22.1 Å². The minimum absolute atomic E-state index is 0.00310. The Hall–Kier alpha value is -1.76. The van der Waals surface area contributed by atoms with E-state index in [2.05, 4.69) is 11.3 Å². The SMILES string of the molecule is C=C(C)C(=O)OC1CC2CC(CC)C(C(=O)OC(C(F)(F)F)C(F)(F)S(=O)(=O)O)C(C2)C1. The van der Waals surface area contributed by atoms with Gasteiger partial charge < -0.3 is 9.47 Å². The fraction of sp³-hybridized carbons (Fsp3) is 0.789. The Morgan fingerprint density at radius 3 is 2.19 bits per heavy atom. The average Bonchev–Trinajstić information content (AvgIpc) is 2.62. The molecule has 1 N–H and O–H groups in total. The van der Waals surface area contributed by atoms with Crippen molar-refractivity contribution < 1.29 is 54.0 Å². The monoisotopic (exact) mass is 492 g/mol. The smallest absolute Gasteiger partial charge is 0.432 e. The van der Waals surface area contributed by atoms with E-state index in [-0.39, 0.29) is 17.9 Å². The number of carbonyl (C=O) groups excluding carboxylic acids is 2. The summed E-state index contributed by atoms with van der Waals surface area (Å²) in [5, 5.41) is -5.79. The first kappa shape index (κ1) is 26.5. The standard InChI is InChI=1S/C19H25F5O7S/c1-4-11-5-10-6-12(8-13(7-10)30-15(25)9(2)3)14(11)16(26)31-17(18(20,21)22)19(23,24)32(27,28)29/h10-14,17H,2,4-8H2,1,3H3,(H,27,28,29). The van der Waals surface area contributed by atoms with Gasteiger partial charge in [0.05, 0.1) is 5.92 Å². The maximum absolute atomic E-state index is 13.8. The summed E-state index contributed by atoms with van der Waals surface area (Å²) < 4.78 is 107. The predicted octanol–water partition coefficient (Wildman–Crippen LogP) is 3.89. The van der Waals surface area contributed by atoms with Crippen LogP contribution in [0.15, 0.2) is 12.2 Å². The highest BCUT2D eigenvalue weighted by molar-refractivity contribution is 7.86. The summed E-state index contributed by atoms with van der Waals surface area (Å²) in [4.78, 5) is 24.5. The average molecular weight is 492 g/mol. The van der Waals surface area contributed by atoms with Crippen molar-refractivity contribution in [2.24, 2.45) is 23.7 Å². The van der Waals surface area contributed by atoms with Gasteiger partial charge in [0, 0.05) is 5.57 Å². The molecule has 7 nitrogen and oxygen atoms in total. The number of alkyl halides is 5. The lowest BCUT2D eigenvalue weighted by Gasteiger charge is -2.46. The number of ether oxygens (including phenoxy) is 2. The van der Waals surface area contributed by atoms with Crippen LogP contribution in [0.25, 0.3) is 0 Å². The van der Waals surface area contributed by atoms with Crippen molar-refractivity contribution in [3.63, 3.8) is 0 Å². The molecule has 2 bridgehead atoms. The maximum atomic E-state index is 13.8. The lowest BCUT2D eigenvalue weighted by atomic mass is 9.61. The summed E-state index contributed by atoms with van der Waals surface area (Å²) in [7, 11) is -6.52. The van der Waals surface area contributed by atoms with E-state index in [0.29, 0.717) is 25.7 Å². The van der Waals surface area contributed by atoms with E-state index in [0.717, 1.165) is 0 Å². The lowest BCUT2D eigenvalue weighted by Crippen LogP contribution is -2.54. The highest BCUT2D eigenvalue weighted by Crippen LogP contribution is 2.49. The fourth-order valence-corrected chi connectivity index (χ4v) is 5.13. The molecular formula is C19H25F5O7S. The zero-order valence-electron chi connectivity index (χ0n) is 17.4. The van der Waals surface area contributed by atoms with E-state index < -0.39 is 63.4 Å². The zero-order chi connectivity index (χ0) is 24.6. The minimum atomic E-state index is -6.52. The molecule has 6 atom stereocenters. The Morgan fingerprint density at radius 1 is 1.12 bits per heavy atom. The first-order chi connectivity index (χ1) is 14.5. The van der Waals surface area contributed by atoms with Crippen LogP contribution in [0.5, 0.6) is 0 Å². The molecule has 32 heavy (non-hydrogen) atoms. The fourth-order valence-electron chi connectivity index (χ4n) is 4.68. The molecule has 0 saturated heterocycles. The number of halogens is 5. The third kappa shape index (κ3) is 5.59. The first-order valence-corrected chi connectivity index (χ1v) is 11.4. The van der Waals surface area contributed by atoms with Gasteiger partial charge >= 0.3 is 33.5 Å². The second-order valence-electron chi connectivity index (χ2n) is 8.47. The van der Waals surface area contributed by atoms with Gasteiger partial charge in [-0.3, -0.25) is 9.35 Å². The molecule has 0 aromatic rings. The van der Waals surface area contributed by atoms with E-state index in [4.69, 9.17) is 9.29 Å². The van der Waals surface area contributed by atoms with Gasteiger partial charge in [0.1, 0.15) is 6.10 Å². The van der Waals surface area contributed by atoms with Crippen LogP contribution < -0.4 is 0 Å². The van der Waals surface area contributed by atoms with Gasteiger partial charge in [0.25, 0.3) is 6.10 Å². The topological polar surface area (TPSA) is 107 Å². The molecule has 2 saturated carbocycles. The van der Waals surface area contributed by atoms with Crippen molar-refractivity contribution in [1.29, 1.82) is 0 Å². The molecule has 0 aliphatic heterocycles. The first-order valence-electron chi connectivity index (χ1n) is 9.97. The maximum Gasteiger partial charge on any atom is 0.432 e. The van der Waals surface area contributed by atoms with E-state index in [1.54, 1.807) is 6.92 Å². The third-order valence-electron chi connectivity index (χ3n) is 6.05. The van der Waals surface area contributed by atoms with Gasteiger partial charge in [-0.05, 0) is 50.4 Å². The minimum Gasteiger partial charge on any atom is -0.459 e. The summed E-state index contributed by atoms with van der Waals surface area (Å²) in [5.74, 6) is -4.62. The van der Waals surface area contributed by atoms with Crippen LogP contribution >= 0.6 is 0 Å². The zero-order valence-corrected chi connectivity index (χ0v) is 18.2. The highest BCUT2D eigenvalue weighted by Gasteiger charge is 2.66. The normalized spacial score (nSPS) is 29.7. The summed E-state index contributed by atoms with van der Waals surface area (Å²) in [6.07, 6.45) is -9.25. The molecule has 0 spiro atoms. The molecule has 6 unspecified atom stereocenters. The predicted molar refractivity (Wildman–Crippen MR) is 99.8 cm³/mol. The van der Waals surface area contributed by atoms with Crippen molar-refractivity contribution in [1.82, 2.24) is 0 Å². The van der Waals surface area contributed by atoms with E-state index >= 15 is 0 Å². The molecule has 0 aromatic carbocycles. The van der Waals surface area contributed by atoms with Gasteiger partial charge in [-0.2, -0.15) is 30.4 Å². The van der Waals surface area contributed by atoms with Gasteiger partial charge in [-0.25, -0.2) is 4.79 Å². The highest BCUT2D eigenvalue weighted by atomic mass is 32.2. The number of hydrogen-bond donors (Lipinski definition) is 1. The third-order valence-corrected chi connectivity index (χ3v) is 6.95. The van der Waals surface area contributed by atoms with Crippen molar-refractivity contribution in [3.05, 3.63) is 12.2 Å². The number of hydrogen-bond acceptors (Lipinski definition) is 6. The van der Waals surface area contributed by atoms with Crippen LogP contribution in [-0.2, 0) is 29.2 Å². The Morgan fingerprint density at radius 2 is 1.72 bits per heavy atom. The Labute approximate surface area is 182 Å². The van der Waals surface area contributed by atoms with Gasteiger partial charge in [0.15, 0.2) is 0 Å². The number of carbonyl (C=O) groups is 2. The second-order valence-corrected chi connectivity index (χ2v) is 9.96. The van der Waals surface area contributed by atoms with E-state index in [1.165, 1.54) is 6.92 Å². The largest absolute Gasteiger partial charge is 0.459 e. The van der Waals surface area contributed by atoms with E-state index in [1.807, 2.05) is 0 Å². The second kappa shape index (κ2) is 9.24. The summed E-state index contributed by atoms with van der Waals surface area (Å²) >= 11 is 0. The van der Waals surface area contributed by atoms with Gasteiger partial charge in [-0.15, -0.1) is 0 Å². The van der Waals surface area contributed by atoms with Gasteiger partial charge in [0.2, 0.25) is 0 Å². The van der Waals surface area contributed by atoms with Crippen molar-refractivity contribution in [2.45, 2.75) is 69.6 Å². The van der Waals surface area contributed by atoms with Crippen LogP contribution in [0.3, 0.4) is 0 Å². The van der Waals surface area contributed by atoms with Crippen LogP contribution in [0, 0.1) is 23.7 Å². The summed E-state index contributed by atoms with van der Waals surface area (Å²) in [5.41, 5.74) is 0.142. The Balaban J connectivity index is 2.29. The summed E-state index contributed by atoms with van der Waals surface area (Å²) in [6, 6.07) is 0. The molecule has 13 heteroatoms. The van der Waals surface area contributed by atoms with E-state index in [9.17, 15) is 40.0 Å². The molecule has 2 fully saturated rings. The molecule has 2 aliphatic carbocycles. The number of esters is 2. The molecule has 0 amide bonds. The number of rotatable bonds is 7. The molecule has 2 rings (SSSR count). The lowest BCUT2D eigenvalue weighted by molar-refractivity contribution is -0.263. The quantitative estimate of drug-likeness (QED) is 0.249. The van der Waals surface area contributed by atoms with Crippen molar-refractivity contribution in [2.75, 3.05) is 0 Å². The number of fused-ring (bicyclic) bond motifs is 2. The molecule has 0 radical (unpaired) electrons. The molecular weight excluding hydrogens is 467 g/mol.